The Morgan fingerprint density at radius 2 is 1.92 bits per heavy atom. The molecule has 0 heterocycles. The molecule has 0 bridgehead atoms. The fourth-order valence-electron chi connectivity index (χ4n) is 1.20. The van der Waals surface area contributed by atoms with Crippen LogP contribution in [0.25, 0.3) is 0 Å². The van der Waals surface area contributed by atoms with Crippen molar-refractivity contribution in [1.29, 1.82) is 0 Å². The highest BCUT2D eigenvalue weighted by Gasteiger charge is 2.43. The molecule has 0 saturated carbocycles. The first-order chi connectivity index (χ1) is 5.87. The molecule has 0 aromatic carbocycles. The van der Waals surface area contributed by atoms with Gasteiger partial charge >= 0.3 is 7.60 Å². The lowest BCUT2D eigenvalue weighted by molar-refractivity contribution is 0.0719. The SMILES string of the molecule is CCCC(O)(CCCN)P(=O)(O)O. The lowest BCUT2D eigenvalue weighted by Gasteiger charge is -2.28. The number of aliphatic hydroxyl groups is 1. The molecule has 0 spiro atoms. The largest absolute Gasteiger partial charge is 0.377 e. The molecule has 0 aliphatic rings. The van der Waals surface area contributed by atoms with E-state index in [1.165, 1.54) is 0 Å². The van der Waals surface area contributed by atoms with Crippen LogP contribution in [0, 0.1) is 0 Å². The molecule has 13 heavy (non-hydrogen) atoms. The fraction of sp³-hybridized carbons (Fsp3) is 1.00. The van der Waals surface area contributed by atoms with Gasteiger partial charge in [0, 0.05) is 0 Å². The summed E-state index contributed by atoms with van der Waals surface area (Å²) in [6.07, 6.45) is 1.12. The van der Waals surface area contributed by atoms with E-state index in [1.54, 1.807) is 6.92 Å². The zero-order valence-electron chi connectivity index (χ0n) is 7.81. The molecule has 0 fully saturated rings. The van der Waals surface area contributed by atoms with Crippen LogP contribution in [0.5, 0.6) is 0 Å². The van der Waals surface area contributed by atoms with Gasteiger partial charge in [0.05, 0.1) is 0 Å². The van der Waals surface area contributed by atoms with Gasteiger partial charge in [0.1, 0.15) is 0 Å². The minimum atomic E-state index is -4.43. The molecule has 5 nitrogen and oxygen atoms in total. The third-order valence-corrected chi connectivity index (χ3v) is 3.51. The zero-order valence-corrected chi connectivity index (χ0v) is 8.70. The fourth-order valence-corrected chi connectivity index (χ4v) is 2.17. The topological polar surface area (TPSA) is 104 Å². The number of hydrogen-bond donors (Lipinski definition) is 4. The minimum absolute atomic E-state index is 0.0572. The summed E-state index contributed by atoms with van der Waals surface area (Å²) >= 11 is 0. The molecular weight excluding hydrogens is 193 g/mol. The van der Waals surface area contributed by atoms with E-state index in [1.807, 2.05) is 0 Å². The Hall–Kier alpha value is 0.0700. The van der Waals surface area contributed by atoms with E-state index in [0.29, 0.717) is 19.4 Å². The highest BCUT2D eigenvalue weighted by molar-refractivity contribution is 7.53. The van der Waals surface area contributed by atoms with Crippen molar-refractivity contribution >= 4 is 7.60 Å². The summed E-state index contributed by atoms with van der Waals surface area (Å²) in [6, 6.07) is 0. The van der Waals surface area contributed by atoms with E-state index in [9.17, 15) is 9.67 Å². The smallest absolute Gasteiger partial charge is 0.356 e. The number of rotatable bonds is 6. The second-order valence-electron chi connectivity index (χ2n) is 3.17. The van der Waals surface area contributed by atoms with Crippen LogP contribution in [0.2, 0.25) is 0 Å². The van der Waals surface area contributed by atoms with Crippen molar-refractivity contribution in [3.05, 3.63) is 0 Å². The Morgan fingerprint density at radius 3 is 2.23 bits per heavy atom. The third-order valence-electron chi connectivity index (χ3n) is 1.97. The lowest BCUT2D eigenvalue weighted by atomic mass is 10.1. The van der Waals surface area contributed by atoms with E-state index >= 15 is 0 Å². The van der Waals surface area contributed by atoms with Crippen molar-refractivity contribution in [2.45, 2.75) is 37.9 Å². The molecule has 0 aromatic heterocycles. The van der Waals surface area contributed by atoms with Gasteiger partial charge in [-0.05, 0) is 25.8 Å². The van der Waals surface area contributed by atoms with E-state index in [0.717, 1.165) is 0 Å². The van der Waals surface area contributed by atoms with Crippen molar-refractivity contribution in [2.24, 2.45) is 5.73 Å². The van der Waals surface area contributed by atoms with Crippen molar-refractivity contribution in [1.82, 2.24) is 0 Å². The second-order valence-corrected chi connectivity index (χ2v) is 5.09. The van der Waals surface area contributed by atoms with Gasteiger partial charge in [0.2, 0.25) is 0 Å². The van der Waals surface area contributed by atoms with Gasteiger partial charge < -0.3 is 20.6 Å². The van der Waals surface area contributed by atoms with Crippen molar-refractivity contribution in [3.8, 4) is 0 Å². The normalized spacial score (nSPS) is 17.0. The number of nitrogens with two attached hydrogens (primary N) is 1. The van der Waals surface area contributed by atoms with Crippen LogP contribution in [-0.2, 0) is 4.57 Å². The summed E-state index contributed by atoms with van der Waals surface area (Å²) in [5.41, 5.74) is 5.21. The van der Waals surface area contributed by atoms with Crippen LogP contribution >= 0.6 is 7.60 Å². The summed E-state index contributed by atoms with van der Waals surface area (Å²) in [4.78, 5) is 17.8. The van der Waals surface area contributed by atoms with E-state index < -0.39 is 12.9 Å². The van der Waals surface area contributed by atoms with Crippen LogP contribution in [0.15, 0.2) is 0 Å². The Kier molecular flexibility index (Phi) is 5.10. The van der Waals surface area contributed by atoms with Crippen LogP contribution in [-0.4, -0.2) is 26.8 Å². The highest BCUT2D eigenvalue weighted by atomic mass is 31.2. The monoisotopic (exact) mass is 211 g/mol. The van der Waals surface area contributed by atoms with Crippen molar-refractivity contribution < 1.29 is 19.5 Å². The van der Waals surface area contributed by atoms with Gasteiger partial charge in [-0.25, -0.2) is 0 Å². The first kappa shape index (κ1) is 13.1. The third kappa shape index (κ3) is 3.75. The molecule has 5 N–H and O–H groups in total. The summed E-state index contributed by atoms with van der Waals surface area (Å²) in [6.45, 7) is 2.09. The summed E-state index contributed by atoms with van der Waals surface area (Å²) in [7, 11) is -4.43. The molecule has 0 aromatic rings. The minimum Gasteiger partial charge on any atom is -0.377 e. The Morgan fingerprint density at radius 1 is 1.38 bits per heavy atom. The summed E-state index contributed by atoms with van der Waals surface area (Å²) in [5.74, 6) is 0. The molecule has 0 aliphatic carbocycles. The van der Waals surface area contributed by atoms with Crippen LogP contribution in [0.1, 0.15) is 32.6 Å². The quantitative estimate of drug-likeness (QED) is 0.476. The van der Waals surface area contributed by atoms with Gasteiger partial charge in [0.15, 0.2) is 5.34 Å². The van der Waals surface area contributed by atoms with E-state index in [2.05, 4.69) is 0 Å². The molecule has 0 aliphatic heterocycles. The maximum Gasteiger partial charge on any atom is 0.356 e. The predicted molar refractivity (Wildman–Crippen MR) is 50.2 cm³/mol. The van der Waals surface area contributed by atoms with Crippen molar-refractivity contribution in [3.63, 3.8) is 0 Å². The first-order valence-corrected chi connectivity index (χ1v) is 5.96. The molecule has 1 unspecified atom stereocenters. The van der Waals surface area contributed by atoms with Gasteiger partial charge in [-0.1, -0.05) is 13.3 Å². The molecule has 0 saturated heterocycles. The lowest BCUT2D eigenvalue weighted by Crippen LogP contribution is -2.29. The van der Waals surface area contributed by atoms with Gasteiger partial charge in [-0.15, -0.1) is 0 Å². The summed E-state index contributed by atoms with van der Waals surface area (Å²) in [5, 5.41) is 7.79. The van der Waals surface area contributed by atoms with Gasteiger partial charge in [-0.3, -0.25) is 4.57 Å². The Balaban J connectivity index is 4.43. The van der Waals surface area contributed by atoms with Gasteiger partial charge in [-0.2, -0.15) is 0 Å². The molecule has 0 radical (unpaired) electrons. The predicted octanol–water partition coefficient (Wildman–Crippen LogP) is 0.392. The van der Waals surface area contributed by atoms with E-state index in [-0.39, 0.29) is 12.8 Å². The van der Waals surface area contributed by atoms with Crippen LogP contribution < -0.4 is 5.73 Å². The highest BCUT2D eigenvalue weighted by Crippen LogP contribution is 2.53. The molecule has 1 atom stereocenters. The zero-order chi connectivity index (χ0) is 10.5. The maximum absolute atomic E-state index is 11.0. The van der Waals surface area contributed by atoms with Crippen LogP contribution in [0.4, 0.5) is 0 Å². The van der Waals surface area contributed by atoms with Crippen molar-refractivity contribution in [2.75, 3.05) is 6.54 Å². The van der Waals surface area contributed by atoms with Crippen LogP contribution in [0.3, 0.4) is 0 Å². The van der Waals surface area contributed by atoms with E-state index in [4.69, 9.17) is 15.5 Å². The Labute approximate surface area is 78.1 Å². The first-order valence-electron chi connectivity index (χ1n) is 4.35. The molecule has 6 heteroatoms. The Bertz CT molecular complexity index is 193. The average molecular weight is 211 g/mol. The molecule has 80 valence electrons. The average Bonchev–Trinajstić information content (AvgIpc) is 1.99. The van der Waals surface area contributed by atoms with Gasteiger partial charge in [0.25, 0.3) is 0 Å². The molecular formula is C7H18NO4P. The number of hydrogen-bond acceptors (Lipinski definition) is 3. The second kappa shape index (κ2) is 5.08. The summed E-state index contributed by atoms with van der Waals surface area (Å²) < 4.78 is 11.0. The standard InChI is InChI=1S/C7H18NO4P/c1-2-4-7(9,5-3-6-8)13(10,11)12/h9H,2-6,8H2,1H3,(H2,10,11,12). The molecule has 0 amide bonds. The maximum atomic E-state index is 11.0. The molecule has 0 rings (SSSR count).